The predicted molar refractivity (Wildman–Crippen MR) is 254 cm³/mol. The molecule has 0 saturated carbocycles. The largest absolute Gasteiger partial charge is 0.246 e. The smallest absolute Gasteiger partial charge is 0.164 e. The zero-order valence-corrected chi connectivity index (χ0v) is 33.8. The number of nitrogens with zero attached hydrogens (tertiary/aromatic N) is 4. The van der Waals surface area contributed by atoms with Crippen molar-refractivity contribution in [2.75, 3.05) is 0 Å². The van der Waals surface area contributed by atoms with Crippen molar-refractivity contribution in [1.82, 2.24) is 19.9 Å². The molecule has 5 heteroatoms. The molecule has 0 radical (unpaired) electrons. The molecular formula is C56H36N4S. The van der Waals surface area contributed by atoms with Crippen LogP contribution >= 0.6 is 11.3 Å². The zero-order chi connectivity index (χ0) is 40.5. The van der Waals surface area contributed by atoms with E-state index in [4.69, 9.17) is 19.9 Å². The summed E-state index contributed by atoms with van der Waals surface area (Å²) in [6.07, 6.45) is 0. The Kier molecular flexibility index (Phi) is 9.34. The minimum absolute atomic E-state index is 0.608. The van der Waals surface area contributed by atoms with Crippen molar-refractivity contribution >= 4 is 32.3 Å². The molecule has 3 heterocycles. The van der Waals surface area contributed by atoms with E-state index in [0.29, 0.717) is 17.5 Å². The highest BCUT2D eigenvalue weighted by atomic mass is 32.1. The maximum absolute atomic E-state index is 5.35. The lowest BCUT2D eigenvalue weighted by Gasteiger charge is -2.11. The molecule has 0 saturated heterocycles. The summed E-state index contributed by atoms with van der Waals surface area (Å²) in [5, 5.41) is 2.37. The molecule has 11 rings (SSSR count). The fourth-order valence-corrected chi connectivity index (χ4v) is 9.46. The van der Waals surface area contributed by atoms with Crippen molar-refractivity contribution in [3.8, 4) is 89.2 Å². The maximum Gasteiger partial charge on any atom is 0.164 e. The van der Waals surface area contributed by atoms with Crippen molar-refractivity contribution in [3.63, 3.8) is 0 Å². The molecule has 0 unspecified atom stereocenters. The SMILES string of the molecule is c1ccc(-c2ccc(-c3nc(-c4ccc(-c5ccccc5)cc4)nc(-c4ccc(-c5nc6ccccc6c6c(-c7ccccc7)c(-c7ccccc7)sc56)cc4)n3)cc2)cc1. The van der Waals surface area contributed by atoms with E-state index < -0.39 is 0 Å². The fourth-order valence-electron chi connectivity index (χ4n) is 8.10. The van der Waals surface area contributed by atoms with Gasteiger partial charge in [0.15, 0.2) is 17.5 Å². The van der Waals surface area contributed by atoms with Crippen molar-refractivity contribution in [2.45, 2.75) is 0 Å². The lowest BCUT2D eigenvalue weighted by Crippen LogP contribution is -2.00. The van der Waals surface area contributed by atoms with E-state index in [-0.39, 0.29) is 0 Å². The van der Waals surface area contributed by atoms with Crippen LogP contribution in [0, 0.1) is 0 Å². The number of aromatic nitrogens is 4. The number of hydrogen-bond donors (Lipinski definition) is 0. The second-order valence-electron chi connectivity index (χ2n) is 15.0. The third-order valence-corrected chi connectivity index (χ3v) is 12.4. The first kappa shape index (κ1) is 36.2. The summed E-state index contributed by atoms with van der Waals surface area (Å²) in [5.74, 6) is 1.85. The quantitative estimate of drug-likeness (QED) is 0.154. The van der Waals surface area contributed by atoms with Crippen LogP contribution in [0.4, 0.5) is 0 Å². The van der Waals surface area contributed by atoms with Crippen LogP contribution in [0.3, 0.4) is 0 Å². The molecule has 0 atom stereocenters. The molecule has 61 heavy (non-hydrogen) atoms. The molecule has 0 aliphatic rings. The zero-order valence-electron chi connectivity index (χ0n) is 33.0. The van der Waals surface area contributed by atoms with Gasteiger partial charge in [-0.1, -0.05) is 212 Å². The lowest BCUT2D eigenvalue weighted by molar-refractivity contribution is 1.07. The number of benzene rings is 8. The monoisotopic (exact) mass is 796 g/mol. The highest BCUT2D eigenvalue weighted by molar-refractivity contribution is 7.23. The normalized spacial score (nSPS) is 11.3. The van der Waals surface area contributed by atoms with Crippen LogP contribution in [-0.4, -0.2) is 19.9 Å². The third-order valence-electron chi connectivity index (χ3n) is 11.2. The van der Waals surface area contributed by atoms with E-state index in [9.17, 15) is 0 Å². The first-order valence-electron chi connectivity index (χ1n) is 20.4. The van der Waals surface area contributed by atoms with Gasteiger partial charge in [0.2, 0.25) is 0 Å². The Morgan fingerprint density at radius 2 is 0.639 bits per heavy atom. The summed E-state index contributed by atoms with van der Waals surface area (Å²) in [6.45, 7) is 0. The van der Waals surface area contributed by atoms with Gasteiger partial charge in [-0.15, -0.1) is 11.3 Å². The Morgan fingerprint density at radius 3 is 1.11 bits per heavy atom. The van der Waals surface area contributed by atoms with Crippen LogP contribution in [0.5, 0.6) is 0 Å². The molecule has 4 nitrogen and oxygen atoms in total. The van der Waals surface area contributed by atoms with E-state index in [0.717, 1.165) is 65.8 Å². The first-order valence-corrected chi connectivity index (χ1v) is 21.2. The fraction of sp³-hybridized carbons (Fsp3) is 0. The van der Waals surface area contributed by atoms with Gasteiger partial charge >= 0.3 is 0 Å². The third kappa shape index (κ3) is 6.97. The molecule has 0 fully saturated rings. The van der Waals surface area contributed by atoms with Crippen LogP contribution in [0.1, 0.15) is 0 Å². The second kappa shape index (κ2) is 15.7. The Labute approximate surface area is 358 Å². The highest BCUT2D eigenvalue weighted by Crippen LogP contribution is 2.50. The molecule has 0 aliphatic heterocycles. The Bertz CT molecular complexity index is 3190. The molecule has 0 aliphatic carbocycles. The van der Waals surface area contributed by atoms with Crippen molar-refractivity contribution in [3.05, 3.63) is 218 Å². The van der Waals surface area contributed by atoms with Crippen LogP contribution in [0.2, 0.25) is 0 Å². The Balaban J connectivity index is 1.04. The minimum atomic E-state index is 0.608. The van der Waals surface area contributed by atoms with Crippen LogP contribution < -0.4 is 0 Å². The molecule has 8 aromatic carbocycles. The number of rotatable bonds is 8. The topological polar surface area (TPSA) is 51.6 Å². The van der Waals surface area contributed by atoms with E-state index in [2.05, 4.69) is 206 Å². The summed E-state index contributed by atoms with van der Waals surface area (Å²) in [7, 11) is 0. The standard InChI is InChI=1S/C56H36N4S/c1-5-15-37(16-6-1)39-25-31-44(32-26-39)54-58-55(45-33-27-40(28-34-45)38-17-7-2-8-18-38)60-56(59-54)46-35-29-42(30-36-46)51-53-50(47-23-13-14-24-48(47)57-51)49(41-19-9-3-10-20-41)52(61-53)43-21-11-4-12-22-43/h1-36H. The molecular weight excluding hydrogens is 761 g/mol. The van der Waals surface area contributed by atoms with Gasteiger partial charge in [-0.05, 0) is 39.4 Å². The van der Waals surface area contributed by atoms with Gasteiger partial charge in [-0.2, -0.15) is 0 Å². The molecule has 0 amide bonds. The van der Waals surface area contributed by atoms with Gasteiger partial charge in [-0.3, -0.25) is 0 Å². The number of thiophene rings is 1. The van der Waals surface area contributed by atoms with E-state index in [1.165, 1.54) is 27.0 Å². The van der Waals surface area contributed by atoms with Crippen LogP contribution in [-0.2, 0) is 0 Å². The summed E-state index contributed by atoms with van der Waals surface area (Å²) in [5.41, 5.74) is 13.9. The minimum Gasteiger partial charge on any atom is -0.246 e. The van der Waals surface area contributed by atoms with Crippen LogP contribution in [0.25, 0.3) is 110 Å². The number of pyridine rings is 1. The summed E-state index contributed by atoms with van der Waals surface area (Å²) >= 11 is 1.81. The molecule has 0 spiro atoms. The molecule has 11 aromatic rings. The van der Waals surface area contributed by atoms with E-state index >= 15 is 0 Å². The second-order valence-corrected chi connectivity index (χ2v) is 16.0. The molecule has 3 aromatic heterocycles. The predicted octanol–water partition coefficient (Wildman–Crippen LogP) is 15.0. The summed E-state index contributed by atoms with van der Waals surface area (Å²) in [6, 6.07) is 76.2. The van der Waals surface area contributed by atoms with Gasteiger partial charge in [0.05, 0.1) is 15.9 Å². The summed E-state index contributed by atoms with van der Waals surface area (Å²) in [4.78, 5) is 21.9. The van der Waals surface area contributed by atoms with Gasteiger partial charge in [-0.25, -0.2) is 19.9 Å². The van der Waals surface area contributed by atoms with Gasteiger partial charge < -0.3 is 0 Å². The highest BCUT2D eigenvalue weighted by Gasteiger charge is 2.22. The van der Waals surface area contributed by atoms with Gasteiger partial charge in [0, 0.05) is 43.5 Å². The molecule has 286 valence electrons. The lowest BCUT2D eigenvalue weighted by atomic mass is 9.95. The number of hydrogen-bond acceptors (Lipinski definition) is 5. The molecule has 0 bridgehead atoms. The number of fused-ring (bicyclic) bond motifs is 3. The van der Waals surface area contributed by atoms with Gasteiger partial charge in [0.1, 0.15) is 0 Å². The Morgan fingerprint density at radius 1 is 0.279 bits per heavy atom. The summed E-state index contributed by atoms with van der Waals surface area (Å²) < 4.78 is 1.16. The van der Waals surface area contributed by atoms with Crippen LogP contribution in [0.15, 0.2) is 218 Å². The van der Waals surface area contributed by atoms with E-state index in [1.807, 2.05) is 23.5 Å². The van der Waals surface area contributed by atoms with E-state index in [1.54, 1.807) is 0 Å². The van der Waals surface area contributed by atoms with Crippen molar-refractivity contribution < 1.29 is 0 Å². The average molecular weight is 797 g/mol. The number of para-hydroxylation sites is 1. The average Bonchev–Trinajstić information content (AvgIpc) is 3.76. The molecule has 0 N–H and O–H groups in total. The Hall–Kier alpha value is -7.86. The first-order chi connectivity index (χ1) is 30.2. The van der Waals surface area contributed by atoms with Gasteiger partial charge in [0.25, 0.3) is 0 Å². The maximum atomic E-state index is 5.35. The van der Waals surface area contributed by atoms with Crippen molar-refractivity contribution in [1.29, 1.82) is 0 Å². The van der Waals surface area contributed by atoms with Crippen molar-refractivity contribution in [2.24, 2.45) is 0 Å².